The molecule has 0 bridgehead atoms. The molecule has 1 aromatic carbocycles. The molecule has 0 aliphatic carbocycles. The Labute approximate surface area is 169 Å². The molecule has 5 nitrogen and oxygen atoms in total. The molecule has 2 rings (SSSR count). The van der Waals surface area contributed by atoms with E-state index < -0.39 is 0 Å². The maximum absolute atomic E-state index is 12.2. The number of esters is 1. The molecule has 1 saturated heterocycles. The summed E-state index contributed by atoms with van der Waals surface area (Å²) < 4.78 is 4.64. The van der Waals surface area contributed by atoms with Gasteiger partial charge in [0.1, 0.15) is 0 Å². The molecule has 2 atom stereocenters. The summed E-state index contributed by atoms with van der Waals surface area (Å²) in [4.78, 5) is 25.6. The van der Waals surface area contributed by atoms with Crippen LogP contribution in [-0.4, -0.2) is 54.1 Å². The molecule has 0 amide bonds. The molecule has 0 aromatic heterocycles. The summed E-state index contributed by atoms with van der Waals surface area (Å²) in [6.07, 6.45) is 7.92. The third-order valence-corrected chi connectivity index (χ3v) is 5.65. The number of methoxy groups -OCH3 is 1. The zero-order valence-electron chi connectivity index (χ0n) is 17.1. The number of aliphatic hydroxyl groups is 1. The molecule has 1 aliphatic heterocycles. The average Bonchev–Trinajstić information content (AvgIpc) is 3.07. The zero-order chi connectivity index (χ0) is 20.2. The molecule has 0 radical (unpaired) electrons. The average molecular weight is 390 g/mol. The molecule has 156 valence electrons. The summed E-state index contributed by atoms with van der Waals surface area (Å²) in [5.74, 6) is 0.191. The summed E-state index contributed by atoms with van der Waals surface area (Å²) in [5.41, 5.74) is 1.25. The highest BCUT2D eigenvalue weighted by molar-refractivity contribution is 5.86. The van der Waals surface area contributed by atoms with E-state index in [9.17, 15) is 14.7 Å². The maximum atomic E-state index is 12.2. The first-order chi connectivity index (χ1) is 13.6. The number of hydrogen-bond acceptors (Lipinski definition) is 5. The summed E-state index contributed by atoms with van der Waals surface area (Å²) in [5, 5.41) is 10.3. The normalized spacial score (nSPS) is 18.4. The third-order valence-electron chi connectivity index (χ3n) is 5.65. The molecular weight excluding hydrogens is 354 g/mol. The van der Waals surface area contributed by atoms with Crippen molar-refractivity contribution >= 4 is 11.8 Å². The second kappa shape index (κ2) is 12.7. The van der Waals surface area contributed by atoms with Gasteiger partial charge in [-0.2, -0.15) is 0 Å². The molecule has 1 N–H and O–H groups in total. The second-order valence-corrected chi connectivity index (χ2v) is 7.76. The van der Waals surface area contributed by atoms with Crippen molar-refractivity contribution in [2.45, 2.75) is 76.4 Å². The predicted molar refractivity (Wildman–Crippen MR) is 110 cm³/mol. The van der Waals surface area contributed by atoms with Gasteiger partial charge in [-0.3, -0.25) is 14.5 Å². The molecule has 0 spiro atoms. The first-order valence-electron chi connectivity index (χ1n) is 10.7. The van der Waals surface area contributed by atoms with Gasteiger partial charge in [0.25, 0.3) is 0 Å². The molecule has 1 fully saturated rings. The van der Waals surface area contributed by atoms with Crippen LogP contribution in [0.2, 0.25) is 0 Å². The number of hydrogen-bond donors (Lipinski definition) is 1. The summed E-state index contributed by atoms with van der Waals surface area (Å²) in [6, 6.07) is 10.3. The quantitative estimate of drug-likeness (QED) is 0.413. The molecule has 1 heterocycles. The highest BCUT2D eigenvalue weighted by atomic mass is 16.5. The van der Waals surface area contributed by atoms with Gasteiger partial charge < -0.3 is 9.84 Å². The first-order valence-corrected chi connectivity index (χ1v) is 10.7. The van der Waals surface area contributed by atoms with Crippen LogP contribution in [0.5, 0.6) is 0 Å². The molecular formula is C23H35NO4. The fourth-order valence-electron chi connectivity index (χ4n) is 3.89. The number of nitrogens with zero attached hydrogens (tertiary/aromatic N) is 1. The third kappa shape index (κ3) is 8.11. The van der Waals surface area contributed by atoms with Gasteiger partial charge in [-0.1, -0.05) is 49.6 Å². The minimum atomic E-state index is -0.324. The van der Waals surface area contributed by atoms with E-state index in [1.165, 1.54) is 12.7 Å². The number of ketones is 1. The van der Waals surface area contributed by atoms with Crippen molar-refractivity contribution in [1.82, 2.24) is 4.90 Å². The Morgan fingerprint density at radius 3 is 2.68 bits per heavy atom. The Balaban J connectivity index is 1.62. The Hall–Kier alpha value is -1.72. The lowest BCUT2D eigenvalue weighted by Gasteiger charge is -2.24. The summed E-state index contributed by atoms with van der Waals surface area (Å²) in [7, 11) is 1.42. The van der Waals surface area contributed by atoms with Gasteiger partial charge in [-0.05, 0) is 37.7 Å². The smallest absolute Gasteiger partial charge is 0.305 e. The van der Waals surface area contributed by atoms with E-state index >= 15 is 0 Å². The van der Waals surface area contributed by atoms with Gasteiger partial charge >= 0.3 is 5.97 Å². The molecule has 2 unspecified atom stereocenters. The number of carbonyl (C=O) groups excluding carboxylic acids is 2. The minimum absolute atomic E-state index is 0.0157. The fraction of sp³-hybridized carbons (Fsp3) is 0.652. The summed E-state index contributed by atoms with van der Waals surface area (Å²) >= 11 is 0. The van der Waals surface area contributed by atoms with Crippen LogP contribution in [0.1, 0.15) is 63.4 Å². The SMILES string of the molecule is COC(=O)CCCCCCC1C(=O)CCN1CCC(O)CCc1ccccc1. The molecule has 1 aromatic rings. The number of rotatable bonds is 13. The lowest BCUT2D eigenvalue weighted by atomic mass is 10.0. The van der Waals surface area contributed by atoms with E-state index in [-0.39, 0.29) is 18.1 Å². The number of aliphatic hydroxyl groups excluding tert-OH is 1. The van der Waals surface area contributed by atoms with Crippen LogP contribution < -0.4 is 0 Å². The number of unbranched alkanes of at least 4 members (excludes halogenated alkanes) is 3. The Morgan fingerprint density at radius 1 is 1.18 bits per heavy atom. The highest BCUT2D eigenvalue weighted by Gasteiger charge is 2.31. The lowest BCUT2D eigenvalue weighted by Crippen LogP contribution is -2.35. The van der Waals surface area contributed by atoms with Crippen LogP contribution in [0.3, 0.4) is 0 Å². The van der Waals surface area contributed by atoms with Gasteiger partial charge in [0.2, 0.25) is 0 Å². The highest BCUT2D eigenvalue weighted by Crippen LogP contribution is 2.21. The maximum Gasteiger partial charge on any atom is 0.305 e. The van der Waals surface area contributed by atoms with Crippen molar-refractivity contribution in [1.29, 1.82) is 0 Å². The number of Topliss-reactive ketones (excluding diaryl/α,β-unsaturated/α-hetero) is 1. The van der Waals surface area contributed by atoms with E-state index in [0.29, 0.717) is 18.6 Å². The number of aryl methyl sites for hydroxylation is 1. The van der Waals surface area contributed by atoms with Gasteiger partial charge in [0.05, 0.1) is 19.3 Å². The van der Waals surface area contributed by atoms with Crippen LogP contribution >= 0.6 is 0 Å². The van der Waals surface area contributed by atoms with Gasteiger partial charge in [0.15, 0.2) is 5.78 Å². The van der Waals surface area contributed by atoms with E-state index in [1.54, 1.807) is 0 Å². The van der Waals surface area contributed by atoms with E-state index in [1.807, 2.05) is 18.2 Å². The van der Waals surface area contributed by atoms with E-state index in [4.69, 9.17) is 0 Å². The van der Waals surface area contributed by atoms with Crippen LogP contribution in [0, 0.1) is 0 Å². The van der Waals surface area contributed by atoms with Crippen LogP contribution in [0.4, 0.5) is 0 Å². The predicted octanol–water partition coefficient (Wildman–Crippen LogP) is 3.53. The second-order valence-electron chi connectivity index (χ2n) is 7.76. The van der Waals surface area contributed by atoms with Crippen molar-refractivity contribution in [3.63, 3.8) is 0 Å². The fourth-order valence-corrected chi connectivity index (χ4v) is 3.89. The largest absolute Gasteiger partial charge is 0.469 e. The zero-order valence-corrected chi connectivity index (χ0v) is 17.1. The number of benzene rings is 1. The van der Waals surface area contributed by atoms with Crippen molar-refractivity contribution in [2.75, 3.05) is 20.2 Å². The lowest BCUT2D eigenvalue weighted by molar-refractivity contribution is -0.140. The van der Waals surface area contributed by atoms with Crippen LogP contribution in [0.15, 0.2) is 30.3 Å². The van der Waals surface area contributed by atoms with Crippen LogP contribution in [0.25, 0.3) is 0 Å². The Bertz CT molecular complexity index is 590. The minimum Gasteiger partial charge on any atom is -0.469 e. The van der Waals surface area contributed by atoms with E-state index in [0.717, 1.165) is 64.5 Å². The standard InChI is InChI=1S/C23H35NO4/c1-28-23(27)12-8-3-2-7-11-21-22(26)16-18-24(21)17-15-20(25)14-13-19-9-5-4-6-10-19/h4-6,9-10,20-21,25H,2-3,7-8,11-18H2,1H3. The monoisotopic (exact) mass is 389 g/mol. The Kier molecular flexibility index (Phi) is 10.2. The van der Waals surface area contributed by atoms with Crippen molar-refractivity contribution in [2.24, 2.45) is 0 Å². The van der Waals surface area contributed by atoms with E-state index in [2.05, 4.69) is 21.8 Å². The topological polar surface area (TPSA) is 66.8 Å². The van der Waals surface area contributed by atoms with Gasteiger partial charge in [-0.15, -0.1) is 0 Å². The molecule has 28 heavy (non-hydrogen) atoms. The first kappa shape index (κ1) is 22.6. The van der Waals surface area contributed by atoms with Crippen molar-refractivity contribution in [3.05, 3.63) is 35.9 Å². The summed E-state index contributed by atoms with van der Waals surface area (Å²) in [6.45, 7) is 1.60. The van der Waals surface area contributed by atoms with Crippen LogP contribution in [-0.2, 0) is 20.7 Å². The Morgan fingerprint density at radius 2 is 1.93 bits per heavy atom. The number of carbonyl (C=O) groups is 2. The molecule has 1 aliphatic rings. The van der Waals surface area contributed by atoms with Gasteiger partial charge in [0, 0.05) is 25.9 Å². The number of likely N-dealkylation sites (tertiary alicyclic amines) is 1. The van der Waals surface area contributed by atoms with Crippen molar-refractivity contribution in [3.8, 4) is 0 Å². The molecule has 5 heteroatoms. The molecule has 0 saturated carbocycles. The van der Waals surface area contributed by atoms with Crippen molar-refractivity contribution < 1.29 is 19.4 Å². The van der Waals surface area contributed by atoms with Gasteiger partial charge in [-0.25, -0.2) is 0 Å². The number of ether oxygens (including phenoxy) is 1.